The first kappa shape index (κ1) is 24.3. The number of anilines is 1. The van der Waals surface area contributed by atoms with Crippen LogP contribution < -0.4 is 10.2 Å². The van der Waals surface area contributed by atoms with Crippen LogP contribution in [-0.4, -0.2) is 74.6 Å². The molecule has 3 aromatic heterocycles. The summed E-state index contributed by atoms with van der Waals surface area (Å²) in [5.74, 6) is 2.91. The molecule has 172 valence electrons. The van der Waals surface area contributed by atoms with E-state index in [9.17, 15) is 0 Å². The first-order valence-corrected chi connectivity index (χ1v) is 11.4. The van der Waals surface area contributed by atoms with Crippen molar-refractivity contribution < 1.29 is 4.52 Å². The van der Waals surface area contributed by atoms with Crippen LogP contribution in [-0.2, 0) is 12.8 Å². The van der Waals surface area contributed by atoms with Crippen molar-refractivity contribution in [3.05, 3.63) is 36.0 Å². The highest BCUT2D eigenvalue weighted by molar-refractivity contribution is 14.0. The van der Waals surface area contributed by atoms with Crippen molar-refractivity contribution in [3.8, 4) is 11.6 Å². The Labute approximate surface area is 208 Å². The van der Waals surface area contributed by atoms with Crippen LogP contribution in [0.25, 0.3) is 11.6 Å². The van der Waals surface area contributed by atoms with E-state index < -0.39 is 0 Å². The van der Waals surface area contributed by atoms with Gasteiger partial charge in [0.05, 0.1) is 0 Å². The van der Waals surface area contributed by atoms with E-state index in [0.717, 1.165) is 56.1 Å². The van der Waals surface area contributed by atoms with Crippen LogP contribution in [0.4, 0.5) is 5.13 Å². The minimum Gasteiger partial charge on any atom is -0.357 e. The predicted molar refractivity (Wildman–Crippen MR) is 136 cm³/mol. The van der Waals surface area contributed by atoms with Gasteiger partial charge in [0.2, 0.25) is 5.13 Å². The van der Waals surface area contributed by atoms with Gasteiger partial charge in [-0.2, -0.15) is 9.36 Å². The van der Waals surface area contributed by atoms with Gasteiger partial charge in [-0.25, -0.2) is 4.98 Å². The maximum absolute atomic E-state index is 5.32. The lowest BCUT2D eigenvalue weighted by molar-refractivity contribution is 0.372. The number of rotatable bonds is 7. The van der Waals surface area contributed by atoms with Gasteiger partial charge in [0.15, 0.2) is 11.8 Å². The van der Waals surface area contributed by atoms with Crippen molar-refractivity contribution in [2.45, 2.75) is 26.7 Å². The van der Waals surface area contributed by atoms with Crippen LogP contribution in [0.5, 0.6) is 0 Å². The molecule has 1 aliphatic rings. The van der Waals surface area contributed by atoms with Crippen LogP contribution in [0.15, 0.2) is 33.9 Å². The Morgan fingerprint density at radius 1 is 1.16 bits per heavy atom. The number of pyridine rings is 1. The summed E-state index contributed by atoms with van der Waals surface area (Å²) < 4.78 is 9.72. The zero-order valence-corrected chi connectivity index (χ0v) is 21.4. The fraction of sp³-hybridized carbons (Fsp3) is 0.500. The standard InChI is InChI=1S/C20H27N9OS.HI/c1-3-16-25-20(31-27-16)29-13-11-28(12-14-29)19(21-4-2)23-10-8-17-24-18(30-26-17)15-7-5-6-9-22-15;/h5-7,9H,3-4,8,10-14H2,1-2H3,(H,21,23);1H. The van der Waals surface area contributed by atoms with Crippen molar-refractivity contribution in [2.75, 3.05) is 44.2 Å². The number of halogens is 1. The van der Waals surface area contributed by atoms with Gasteiger partial charge in [-0.15, -0.1) is 24.0 Å². The largest absolute Gasteiger partial charge is 0.357 e. The Bertz CT molecular complexity index is 986. The Morgan fingerprint density at radius 2 is 2.00 bits per heavy atom. The highest BCUT2D eigenvalue weighted by Gasteiger charge is 2.22. The average Bonchev–Trinajstić information content (AvgIpc) is 3.49. The predicted octanol–water partition coefficient (Wildman–Crippen LogP) is 2.49. The van der Waals surface area contributed by atoms with Crippen molar-refractivity contribution in [1.82, 2.24) is 34.7 Å². The number of nitrogens with zero attached hydrogens (tertiary/aromatic N) is 8. The summed E-state index contributed by atoms with van der Waals surface area (Å²) in [4.78, 5) is 22.6. The molecule has 0 aliphatic carbocycles. The number of hydrogen-bond acceptors (Lipinski definition) is 9. The number of aryl methyl sites for hydroxylation is 1. The maximum Gasteiger partial charge on any atom is 0.276 e. The second-order valence-electron chi connectivity index (χ2n) is 7.04. The molecular weight excluding hydrogens is 541 g/mol. The van der Waals surface area contributed by atoms with Crippen LogP contribution in [0.2, 0.25) is 0 Å². The molecule has 10 nitrogen and oxygen atoms in total. The minimum absolute atomic E-state index is 0. The van der Waals surface area contributed by atoms with Gasteiger partial charge in [0.1, 0.15) is 11.5 Å². The van der Waals surface area contributed by atoms with Crippen LogP contribution in [0.1, 0.15) is 25.5 Å². The lowest BCUT2D eigenvalue weighted by Crippen LogP contribution is -2.52. The first-order chi connectivity index (χ1) is 15.3. The van der Waals surface area contributed by atoms with Crippen LogP contribution in [0, 0.1) is 0 Å². The van der Waals surface area contributed by atoms with E-state index >= 15 is 0 Å². The molecule has 4 heterocycles. The molecule has 1 N–H and O–H groups in total. The molecule has 0 radical (unpaired) electrons. The molecule has 3 aromatic rings. The molecule has 12 heteroatoms. The molecule has 4 rings (SSSR count). The van der Waals surface area contributed by atoms with Crippen LogP contribution >= 0.6 is 35.5 Å². The van der Waals surface area contributed by atoms with E-state index in [1.54, 1.807) is 6.20 Å². The average molecular weight is 569 g/mol. The van der Waals surface area contributed by atoms with E-state index in [1.807, 2.05) is 18.2 Å². The summed E-state index contributed by atoms with van der Waals surface area (Å²) in [5.41, 5.74) is 0.678. The number of piperazine rings is 1. The number of aromatic nitrogens is 5. The smallest absolute Gasteiger partial charge is 0.276 e. The summed E-state index contributed by atoms with van der Waals surface area (Å²) in [5, 5.41) is 8.46. The third-order valence-electron chi connectivity index (χ3n) is 4.91. The topological polar surface area (TPSA) is 108 Å². The molecule has 0 amide bonds. The number of aliphatic imine (C=N–C) groups is 1. The second kappa shape index (κ2) is 12.0. The molecule has 1 fully saturated rings. The minimum atomic E-state index is 0. The summed E-state index contributed by atoms with van der Waals surface area (Å²) in [6.07, 6.45) is 3.19. The third kappa shape index (κ3) is 6.12. The molecule has 0 saturated carbocycles. The molecule has 32 heavy (non-hydrogen) atoms. The number of guanidine groups is 1. The van der Waals surface area contributed by atoms with Gasteiger partial charge in [-0.3, -0.25) is 9.98 Å². The first-order valence-electron chi connectivity index (χ1n) is 10.6. The van der Waals surface area contributed by atoms with E-state index in [0.29, 0.717) is 30.4 Å². The molecule has 0 aromatic carbocycles. The van der Waals surface area contributed by atoms with Gasteiger partial charge in [0, 0.05) is 69.8 Å². The number of nitrogens with one attached hydrogen (secondary N) is 1. The zero-order chi connectivity index (χ0) is 21.5. The van der Waals surface area contributed by atoms with E-state index in [4.69, 9.17) is 9.52 Å². The molecule has 0 bridgehead atoms. The molecule has 0 unspecified atom stereocenters. The van der Waals surface area contributed by atoms with Gasteiger partial charge in [0.25, 0.3) is 5.89 Å². The Morgan fingerprint density at radius 3 is 2.69 bits per heavy atom. The lowest BCUT2D eigenvalue weighted by atomic mass is 10.3. The lowest BCUT2D eigenvalue weighted by Gasteiger charge is -2.36. The van der Waals surface area contributed by atoms with Gasteiger partial charge in [-0.05, 0) is 19.1 Å². The van der Waals surface area contributed by atoms with Crippen molar-refractivity contribution in [1.29, 1.82) is 0 Å². The summed E-state index contributed by atoms with van der Waals surface area (Å²) >= 11 is 1.49. The normalized spacial score (nSPS) is 14.4. The fourth-order valence-electron chi connectivity index (χ4n) is 3.26. The summed E-state index contributed by atoms with van der Waals surface area (Å²) in [6.45, 7) is 9.15. The van der Waals surface area contributed by atoms with E-state index in [1.165, 1.54) is 11.5 Å². The number of hydrogen-bond donors (Lipinski definition) is 1. The maximum atomic E-state index is 5.32. The highest BCUT2D eigenvalue weighted by Crippen LogP contribution is 2.19. The second-order valence-corrected chi connectivity index (χ2v) is 7.77. The Kier molecular flexibility index (Phi) is 9.14. The molecule has 0 atom stereocenters. The highest BCUT2D eigenvalue weighted by atomic mass is 127. The molecule has 1 saturated heterocycles. The van der Waals surface area contributed by atoms with Gasteiger partial charge in [-0.1, -0.05) is 18.1 Å². The van der Waals surface area contributed by atoms with Crippen molar-refractivity contribution >= 4 is 46.6 Å². The van der Waals surface area contributed by atoms with Gasteiger partial charge < -0.3 is 19.6 Å². The van der Waals surface area contributed by atoms with Crippen LogP contribution in [0.3, 0.4) is 0 Å². The zero-order valence-electron chi connectivity index (χ0n) is 18.3. The molecule has 1 aliphatic heterocycles. The fourth-order valence-corrected chi connectivity index (χ4v) is 4.06. The third-order valence-corrected chi connectivity index (χ3v) is 5.72. The molecular formula is C20H28IN9OS. The summed E-state index contributed by atoms with van der Waals surface area (Å²) in [6, 6.07) is 5.60. The van der Waals surface area contributed by atoms with Crippen molar-refractivity contribution in [3.63, 3.8) is 0 Å². The van der Waals surface area contributed by atoms with E-state index in [2.05, 4.69) is 53.4 Å². The van der Waals surface area contributed by atoms with Crippen molar-refractivity contribution in [2.24, 2.45) is 4.99 Å². The summed E-state index contributed by atoms with van der Waals surface area (Å²) in [7, 11) is 0. The van der Waals surface area contributed by atoms with E-state index in [-0.39, 0.29) is 24.0 Å². The Hall–Kier alpha value is -2.35. The van der Waals surface area contributed by atoms with Gasteiger partial charge >= 0.3 is 0 Å². The monoisotopic (exact) mass is 569 g/mol. The quantitative estimate of drug-likeness (QED) is 0.261. The SMILES string of the molecule is CCNC(=NCCc1noc(-c2ccccn2)n1)N1CCN(c2nc(CC)ns2)CC1.I. The Balaban J connectivity index is 0.00000289. The molecule has 0 spiro atoms.